The highest BCUT2D eigenvalue weighted by Gasteiger charge is 2.13. The van der Waals surface area contributed by atoms with Gasteiger partial charge in [0.15, 0.2) is 0 Å². The highest BCUT2D eigenvalue weighted by Crippen LogP contribution is 2.27. The van der Waals surface area contributed by atoms with Crippen LogP contribution < -0.4 is 4.74 Å². The maximum Gasteiger partial charge on any atom is 0.338 e. The van der Waals surface area contributed by atoms with Crippen LogP contribution in [0.4, 0.5) is 0 Å². The molecule has 0 radical (unpaired) electrons. The van der Waals surface area contributed by atoms with Gasteiger partial charge in [0.05, 0.1) is 18.8 Å². The molecule has 4 nitrogen and oxygen atoms in total. The normalized spacial score (nSPS) is 11.9. The third-order valence-corrected chi connectivity index (χ3v) is 8.46. The number of esters is 1. The summed E-state index contributed by atoms with van der Waals surface area (Å²) >= 11 is 0. The molecular weight excluding hydrogens is 544 g/mol. The average molecular weight is 601 g/mol. The first-order chi connectivity index (χ1) is 21.5. The van der Waals surface area contributed by atoms with Crippen molar-refractivity contribution in [1.82, 2.24) is 0 Å². The van der Waals surface area contributed by atoms with Gasteiger partial charge in [-0.15, -0.1) is 0 Å². The van der Waals surface area contributed by atoms with Crippen molar-refractivity contribution in [2.24, 2.45) is 5.92 Å². The monoisotopic (exact) mass is 600 g/mol. The van der Waals surface area contributed by atoms with E-state index in [2.05, 4.69) is 69.3 Å². The molecule has 0 N–H and O–H groups in total. The van der Waals surface area contributed by atoms with Gasteiger partial charge in [0.25, 0.3) is 0 Å². The van der Waals surface area contributed by atoms with Crippen LogP contribution in [0, 0.1) is 5.92 Å². The summed E-state index contributed by atoms with van der Waals surface area (Å²) in [7, 11) is 0. The second kappa shape index (κ2) is 20.8. The van der Waals surface area contributed by atoms with E-state index in [1.165, 1.54) is 63.4 Å². The molecule has 0 saturated carbocycles. The molecule has 240 valence electrons. The zero-order chi connectivity index (χ0) is 31.4. The Morgan fingerprint density at radius 3 is 1.55 bits per heavy atom. The molecule has 0 heterocycles. The number of hydrogen-bond donors (Lipinski definition) is 0. The minimum atomic E-state index is -0.318. The average Bonchev–Trinajstić information content (AvgIpc) is 3.06. The number of unbranched alkanes of at least 4 members (excludes halogenated alkanes) is 9. The van der Waals surface area contributed by atoms with Gasteiger partial charge in [-0.25, -0.2) is 4.79 Å². The maximum absolute atomic E-state index is 12.6. The van der Waals surface area contributed by atoms with Crippen LogP contribution >= 0.6 is 0 Å². The molecule has 0 aliphatic carbocycles. The van der Waals surface area contributed by atoms with Gasteiger partial charge in [-0.3, -0.25) is 0 Å². The van der Waals surface area contributed by atoms with Crippen LogP contribution in [0.2, 0.25) is 0 Å². The molecule has 0 aliphatic heterocycles. The molecule has 0 amide bonds. The standard InChI is InChI=1S/C40H56O4/c1-5-8-9-10-11-12-13-14-15-16-29-43-39-27-25-37(26-28-39)35-19-17-34(18-20-35)36-21-23-38(24-22-36)40(41)44-32(4)30-42-31-33(6-2)7-3/h17-28,32-33H,5-16,29-31H2,1-4H3/t32-/m0/s1. The van der Waals surface area contributed by atoms with E-state index in [0.29, 0.717) is 24.7 Å². The summed E-state index contributed by atoms with van der Waals surface area (Å²) in [6, 6.07) is 24.5. The van der Waals surface area contributed by atoms with Gasteiger partial charge in [0.1, 0.15) is 11.9 Å². The molecule has 0 aliphatic rings. The zero-order valence-corrected chi connectivity index (χ0v) is 27.8. The predicted molar refractivity (Wildman–Crippen MR) is 184 cm³/mol. The van der Waals surface area contributed by atoms with Crippen molar-refractivity contribution in [2.45, 2.75) is 111 Å². The van der Waals surface area contributed by atoms with Crippen LogP contribution in [0.5, 0.6) is 5.75 Å². The van der Waals surface area contributed by atoms with Crippen LogP contribution in [-0.2, 0) is 9.47 Å². The summed E-state index contributed by atoms with van der Waals surface area (Å²) in [5, 5.41) is 0. The first kappa shape index (κ1) is 35.4. The van der Waals surface area contributed by atoms with Gasteiger partial charge < -0.3 is 14.2 Å². The lowest BCUT2D eigenvalue weighted by atomic mass is 9.99. The summed E-state index contributed by atoms with van der Waals surface area (Å²) < 4.78 is 17.3. The maximum atomic E-state index is 12.6. The largest absolute Gasteiger partial charge is 0.494 e. The first-order valence-corrected chi connectivity index (χ1v) is 17.3. The number of benzene rings is 3. The van der Waals surface area contributed by atoms with E-state index < -0.39 is 0 Å². The van der Waals surface area contributed by atoms with Crippen LogP contribution in [-0.4, -0.2) is 31.9 Å². The number of ether oxygens (including phenoxy) is 3. The Kier molecular flexibility index (Phi) is 16.7. The Morgan fingerprint density at radius 1 is 0.591 bits per heavy atom. The third-order valence-electron chi connectivity index (χ3n) is 8.46. The van der Waals surface area contributed by atoms with Gasteiger partial charge in [-0.1, -0.05) is 140 Å². The second-order valence-electron chi connectivity index (χ2n) is 12.1. The Hall–Kier alpha value is -3.11. The fraction of sp³-hybridized carbons (Fsp3) is 0.525. The van der Waals surface area contributed by atoms with E-state index in [1.807, 2.05) is 31.2 Å². The summed E-state index contributed by atoms with van der Waals surface area (Å²) in [6.45, 7) is 10.4. The van der Waals surface area contributed by atoms with Crippen molar-refractivity contribution in [3.8, 4) is 28.0 Å². The molecule has 0 fully saturated rings. The van der Waals surface area contributed by atoms with E-state index in [4.69, 9.17) is 14.2 Å². The van der Waals surface area contributed by atoms with E-state index in [9.17, 15) is 4.79 Å². The predicted octanol–water partition coefficient (Wildman–Crippen LogP) is 11.3. The number of carbonyl (C=O) groups excluding carboxylic acids is 1. The van der Waals surface area contributed by atoms with Crippen LogP contribution in [0.15, 0.2) is 72.8 Å². The Balaban J connectivity index is 1.38. The lowest BCUT2D eigenvalue weighted by Crippen LogP contribution is -2.22. The summed E-state index contributed by atoms with van der Waals surface area (Å²) in [5.74, 6) is 1.17. The highest BCUT2D eigenvalue weighted by atomic mass is 16.6. The third kappa shape index (κ3) is 12.9. The molecule has 0 bridgehead atoms. The van der Waals surface area contributed by atoms with Crippen LogP contribution in [0.25, 0.3) is 22.3 Å². The number of rotatable bonds is 22. The highest BCUT2D eigenvalue weighted by molar-refractivity contribution is 5.90. The van der Waals surface area contributed by atoms with Crippen molar-refractivity contribution >= 4 is 5.97 Å². The van der Waals surface area contributed by atoms with Gasteiger partial charge in [-0.2, -0.15) is 0 Å². The lowest BCUT2D eigenvalue weighted by Gasteiger charge is -2.17. The Morgan fingerprint density at radius 2 is 1.05 bits per heavy atom. The van der Waals surface area contributed by atoms with Gasteiger partial charge >= 0.3 is 5.97 Å². The smallest absolute Gasteiger partial charge is 0.338 e. The fourth-order valence-electron chi connectivity index (χ4n) is 5.39. The molecule has 44 heavy (non-hydrogen) atoms. The SMILES string of the molecule is CCCCCCCCCCCCOc1ccc(-c2ccc(-c3ccc(C(=O)O[C@@H](C)COCC(CC)CC)cc3)cc2)cc1. The summed E-state index contributed by atoms with van der Waals surface area (Å²) in [5.41, 5.74) is 5.04. The van der Waals surface area contributed by atoms with Crippen molar-refractivity contribution in [3.63, 3.8) is 0 Å². The van der Waals surface area contributed by atoms with E-state index in [-0.39, 0.29) is 12.1 Å². The molecule has 3 rings (SSSR count). The van der Waals surface area contributed by atoms with Gasteiger partial charge in [0.2, 0.25) is 0 Å². The molecule has 0 unspecified atom stereocenters. The van der Waals surface area contributed by atoms with E-state index in [1.54, 1.807) is 0 Å². The first-order valence-electron chi connectivity index (χ1n) is 17.3. The van der Waals surface area contributed by atoms with Crippen LogP contribution in [0.3, 0.4) is 0 Å². The van der Waals surface area contributed by atoms with Gasteiger partial charge in [0, 0.05) is 6.61 Å². The minimum Gasteiger partial charge on any atom is -0.494 e. The van der Waals surface area contributed by atoms with Crippen molar-refractivity contribution < 1.29 is 19.0 Å². The molecule has 3 aromatic rings. The molecular formula is C40H56O4. The molecule has 4 heteroatoms. The Bertz CT molecular complexity index is 1160. The van der Waals surface area contributed by atoms with Crippen LogP contribution in [0.1, 0.15) is 115 Å². The molecule has 1 atom stereocenters. The summed E-state index contributed by atoms with van der Waals surface area (Å²) in [4.78, 5) is 12.6. The van der Waals surface area contributed by atoms with Crippen molar-refractivity contribution in [2.75, 3.05) is 19.8 Å². The minimum absolute atomic E-state index is 0.283. The van der Waals surface area contributed by atoms with Crippen molar-refractivity contribution in [3.05, 3.63) is 78.4 Å². The fourth-order valence-corrected chi connectivity index (χ4v) is 5.39. The molecule has 3 aromatic carbocycles. The van der Waals surface area contributed by atoms with E-state index >= 15 is 0 Å². The van der Waals surface area contributed by atoms with E-state index in [0.717, 1.165) is 48.3 Å². The number of hydrogen-bond acceptors (Lipinski definition) is 4. The second-order valence-corrected chi connectivity index (χ2v) is 12.1. The molecule has 0 aromatic heterocycles. The Labute approximate surface area is 267 Å². The molecule has 0 saturated heterocycles. The number of carbonyl (C=O) groups is 1. The quantitative estimate of drug-likeness (QED) is 0.0850. The zero-order valence-electron chi connectivity index (χ0n) is 27.8. The molecule has 0 spiro atoms. The van der Waals surface area contributed by atoms with Crippen molar-refractivity contribution in [1.29, 1.82) is 0 Å². The summed E-state index contributed by atoms with van der Waals surface area (Å²) in [6.07, 6.45) is 15.2. The van der Waals surface area contributed by atoms with Gasteiger partial charge in [-0.05, 0) is 65.8 Å². The lowest BCUT2D eigenvalue weighted by molar-refractivity contribution is -0.00516. The topological polar surface area (TPSA) is 44.8 Å².